The summed E-state index contributed by atoms with van der Waals surface area (Å²) in [7, 11) is 1.56. The largest absolute Gasteiger partial charge is 0.495 e. The Bertz CT molecular complexity index is 1280. The summed E-state index contributed by atoms with van der Waals surface area (Å²) in [6.07, 6.45) is 0.393. The van der Waals surface area contributed by atoms with E-state index in [4.69, 9.17) is 41.0 Å². The quantitative estimate of drug-likeness (QED) is 0.0857. The van der Waals surface area contributed by atoms with Gasteiger partial charge in [-0.1, -0.05) is 49.7 Å². The van der Waals surface area contributed by atoms with Crippen LogP contribution in [0.1, 0.15) is 37.8 Å². The molecule has 10 nitrogen and oxygen atoms in total. The molecule has 0 bridgehead atoms. The Hall–Kier alpha value is -3.09. The molecule has 0 aliphatic rings. The number of ether oxygens (including phenoxy) is 5. The van der Waals surface area contributed by atoms with Crippen LogP contribution in [0.15, 0.2) is 66.7 Å². The lowest BCUT2D eigenvalue weighted by molar-refractivity contribution is 0.0462. The molecule has 0 aliphatic heterocycles. The van der Waals surface area contributed by atoms with E-state index in [2.05, 4.69) is 24.5 Å². The first-order valence-corrected chi connectivity index (χ1v) is 16.6. The zero-order chi connectivity index (χ0) is 33.9. The van der Waals surface area contributed by atoms with E-state index in [-0.39, 0.29) is 18.6 Å². The maximum absolute atomic E-state index is 10.4. The molecule has 0 radical (unpaired) electrons. The highest BCUT2D eigenvalue weighted by atomic mass is 35.5. The van der Waals surface area contributed by atoms with Gasteiger partial charge in [0.25, 0.3) is 0 Å². The number of hydrogen-bond acceptors (Lipinski definition) is 10. The van der Waals surface area contributed by atoms with Crippen molar-refractivity contribution < 1.29 is 33.9 Å². The van der Waals surface area contributed by atoms with Crippen molar-refractivity contribution in [3.63, 3.8) is 0 Å². The second-order valence-corrected chi connectivity index (χ2v) is 12.2. The van der Waals surface area contributed by atoms with Gasteiger partial charge in [-0.2, -0.15) is 0 Å². The zero-order valence-electron chi connectivity index (χ0n) is 27.9. The second kappa shape index (κ2) is 21.0. The van der Waals surface area contributed by atoms with E-state index in [0.717, 1.165) is 36.2 Å². The van der Waals surface area contributed by atoms with E-state index in [9.17, 15) is 10.2 Å². The van der Waals surface area contributed by atoms with Gasteiger partial charge in [-0.15, -0.1) is 0 Å². The fourth-order valence-electron chi connectivity index (χ4n) is 4.69. The minimum atomic E-state index is -0.709. The molecule has 0 amide bonds. The molecule has 0 fully saturated rings. The standard InChI is InChI=1S/C36H52ClN3O7/c1-36(2,28-8-13-33(14-9-28)47-26-31(42)24-40-29-10-15-34(37)35(22-29)43-3)27-6-11-32(12-7-27)46-25-30(41)23-39-17-5-19-45-21-20-44-18-4-16-38/h6-15,22,30-31,39-42H,4-5,16-21,23-26,38H2,1-3H3. The topological polar surface area (TPSA) is 137 Å². The number of benzene rings is 3. The number of hydrogen-bond donors (Lipinski definition) is 5. The first-order valence-electron chi connectivity index (χ1n) is 16.2. The number of aliphatic hydroxyl groups excluding tert-OH is 2. The molecule has 3 aromatic carbocycles. The van der Waals surface area contributed by atoms with Gasteiger partial charge in [0.15, 0.2) is 0 Å². The molecule has 6 N–H and O–H groups in total. The van der Waals surface area contributed by atoms with Crippen molar-refractivity contribution in [1.29, 1.82) is 0 Å². The molecule has 0 spiro atoms. The van der Waals surface area contributed by atoms with E-state index in [1.54, 1.807) is 19.2 Å². The van der Waals surface area contributed by atoms with Crippen molar-refractivity contribution in [3.8, 4) is 17.2 Å². The molecular formula is C36H52ClN3O7. The van der Waals surface area contributed by atoms with Gasteiger partial charge in [-0.05, 0) is 73.5 Å². The molecule has 11 heteroatoms. The van der Waals surface area contributed by atoms with Gasteiger partial charge in [0.1, 0.15) is 42.7 Å². The first kappa shape index (κ1) is 38.4. The van der Waals surface area contributed by atoms with E-state index in [1.807, 2.05) is 54.6 Å². The Morgan fingerprint density at radius 3 is 1.87 bits per heavy atom. The molecule has 0 aromatic heterocycles. The van der Waals surface area contributed by atoms with Crippen LogP contribution in [0.2, 0.25) is 5.02 Å². The van der Waals surface area contributed by atoms with Crippen LogP contribution in [-0.4, -0.2) is 95.4 Å². The Kier molecular flexibility index (Phi) is 17.1. The third-order valence-electron chi connectivity index (χ3n) is 7.62. The van der Waals surface area contributed by atoms with Crippen LogP contribution < -0.4 is 30.6 Å². The lowest BCUT2D eigenvalue weighted by atomic mass is 9.78. The van der Waals surface area contributed by atoms with Crippen LogP contribution in [0.3, 0.4) is 0 Å². The van der Waals surface area contributed by atoms with Gasteiger partial charge in [-0.3, -0.25) is 0 Å². The highest BCUT2D eigenvalue weighted by Crippen LogP contribution is 2.33. The summed E-state index contributed by atoms with van der Waals surface area (Å²) in [5, 5.41) is 27.6. The average molecular weight is 674 g/mol. The summed E-state index contributed by atoms with van der Waals surface area (Å²) in [4.78, 5) is 0. The number of halogens is 1. The van der Waals surface area contributed by atoms with Crippen molar-refractivity contribution in [2.45, 2.75) is 44.3 Å². The van der Waals surface area contributed by atoms with Crippen molar-refractivity contribution >= 4 is 17.3 Å². The van der Waals surface area contributed by atoms with Crippen molar-refractivity contribution in [1.82, 2.24) is 5.32 Å². The molecule has 0 aliphatic carbocycles. The number of nitrogens with two attached hydrogens (primary N) is 1. The molecule has 0 saturated carbocycles. The number of nitrogens with one attached hydrogen (secondary N) is 2. The van der Waals surface area contributed by atoms with Crippen LogP contribution in [0.25, 0.3) is 0 Å². The predicted octanol–water partition coefficient (Wildman–Crippen LogP) is 4.63. The monoisotopic (exact) mass is 673 g/mol. The predicted molar refractivity (Wildman–Crippen MR) is 187 cm³/mol. The third-order valence-corrected chi connectivity index (χ3v) is 7.93. The number of rotatable bonds is 24. The molecule has 0 heterocycles. The summed E-state index contributed by atoms with van der Waals surface area (Å²) in [5.74, 6) is 1.96. The Labute approximate surface area is 284 Å². The Morgan fingerprint density at radius 2 is 1.32 bits per heavy atom. The van der Waals surface area contributed by atoms with Crippen LogP contribution in [0.4, 0.5) is 5.69 Å². The van der Waals surface area contributed by atoms with Crippen LogP contribution in [-0.2, 0) is 14.9 Å². The SMILES string of the molecule is COc1cc(NCC(O)COc2ccc(C(C)(C)c3ccc(OCC(O)CNCCCOCCOCCCN)cc3)cc2)ccc1Cl. The maximum atomic E-state index is 10.4. The van der Waals surface area contributed by atoms with E-state index < -0.39 is 12.2 Å². The molecule has 3 rings (SSSR count). The molecule has 47 heavy (non-hydrogen) atoms. The van der Waals surface area contributed by atoms with Gasteiger partial charge in [0.05, 0.1) is 25.3 Å². The normalized spacial score (nSPS) is 12.8. The lowest BCUT2D eigenvalue weighted by Gasteiger charge is -2.26. The highest BCUT2D eigenvalue weighted by molar-refractivity contribution is 6.32. The van der Waals surface area contributed by atoms with Crippen LogP contribution in [0.5, 0.6) is 17.2 Å². The third kappa shape index (κ3) is 13.9. The molecule has 260 valence electrons. The summed E-state index contributed by atoms with van der Waals surface area (Å²) >= 11 is 6.07. The smallest absolute Gasteiger partial charge is 0.139 e. The van der Waals surface area contributed by atoms with Gasteiger partial charge < -0.3 is 50.3 Å². The van der Waals surface area contributed by atoms with Crippen molar-refractivity contribution in [2.75, 3.05) is 78.2 Å². The Morgan fingerprint density at radius 1 is 0.766 bits per heavy atom. The fourth-order valence-corrected chi connectivity index (χ4v) is 4.88. The van der Waals surface area contributed by atoms with E-state index >= 15 is 0 Å². The second-order valence-electron chi connectivity index (χ2n) is 11.8. The van der Waals surface area contributed by atoms with Crippen LogP contribution >= 0.6 is 11.6 Å². The summed E-state index contributed by atoms with van der Waals surface area (Å²) < 4.78 is 27.8. The number of methoxy groups -OCH3 is 1. The van der Waals surface area contributed by atoms with Crippen molar-refractivity contribution in [3.05, 3.63) is 82.9 Å². The average Bonchev–Trinajstić information content (AvgIpc) is 3.08. The minimum absolute atomic E-state index is 0.147. The van der Waals surface area contributed by atoms with Gasteiger partial charge in [0, 0.05) is 43.5 Å². The van der Waals surface area contributed by atoms with Gasteiger partial charge in [0.2, 0.25) is 0 Å². The molecule has 2 unspecified atom stereocenters. The molecule has 0 saturated heterocycles. The summed E-state index contributed by atoms with van der Waals surface area (Å²) in [6, 6.07) is 21.2. The maximum Gasteiger partial charge on any atom is 0.139 e. The Balaban J connectivity index is 1.34. The fraction of sp³-hybridized carbons (Fsp3) is 0.500. The van der Waals surface area contributed by atoms with E-state index in [1.165, 1.54) is 0 Å². The molecule has 2 atom stereocenters. The van der Waals surface area contributed by atoms with E-state index in [0.29, 0.717) is 68.3 Å². The number of aliphatic hydroxyl groups is 2. The zero-order valence-corrected chi connectivity index (χ0v) is 28.6. The summed E-state index contributed by atoms with van der Waals surface area (Å²) in [5.41, 5.74) is 8.22. The van der Waals surface area contributed by atoms with Crippen molar-refractivity contribution in [2.24, 2.45) is 5.73 Å². The van der Waals surface area contributed by atoms with Gasteiger partial charge >= 0.3 is 0 Å². The molecule has 3 aromatic rings. The minimum Gasteiger partial charge on any atom is -0.495 e. The van der Waals surface area contributed by atoms with Crippen LogP contribution in [0, 0.1) is 0 Å². The molecular weight excluding hydrogens is 622 g/mol. The lowest BCUT2D eigenvalue weighted by Crippen LogP contribution is -2.32. The van der Waals surface area contributed by atoms with Gasteiger partial charge in [-0.25, -0.2) is 0 Å². The highest BCUT2D eigenvalue weighted by Gasteiger charge is 2.23. The first-order chi connectivity index (χ1) is 22.7. The summed E-state index contributed by atoms with van der Waals surface area (Å²) in [6.45, 7) is 9.31. The number of anilines is 1.